The molecular weight excluding hydrogens is 256 g/mol. The number of likely N-dealkylation sites (N-methyl/N-ethyl adjacent to an activating group) is 1. The van der Waals surface area contributed by atoms with E-state index in [1.807, 2.05) is 0 Å². The van der Waals surface area contributed by atoms with Crippen LogP contribution in [0.4, 0.5) is 0 Å². The summed E-state index contributed by atoms with van der Waals surface area (Å²) < 4.78 is 0. The molecule has 0 aliphatic carbocycles. The van der Waals surface area contributed by atoms with Crippen LogP contribution < -0.4 is 0 Å². The molecule has 1 unspecified atom stereocenters. The van der Waals surface area contributed by atoms with Crippen LogP contribution >= 0.6 is 0 Å². The first-order valence-electron chi connectivity index (χ1n) is 8.35. The molecule has 0 saturated carbocycles. The van der Waals surface area contributed by atoms with E-state index in [-0.39, 0.29) is 5.41 Å². The van der Waals surface area contributed by atoms with Crippen LogP contribution in [-0.4, -0.2) is 49.6 Å². The number of piperazine rings is 1. The van der Waals surface area contributed by atoms with Crippen molar-refractivity contribution in [1.82, 2.24) is 9.80 Å². The number of rotatable bonds is 4. The quantitative estimate of drug-likeness (QED) is 0.838. The predicted octanol–water partition coefficient (Wildman–Crippen LogP) is 3.41. The minimum absolute atomic E-state index is 0.254. The molecule has 1 fully saturated rings. The normalized spacial score (nSPS) is 19.7. The van der Waals surface area contributed by atoms with Gasteiger partial charge in [0.1, 0.15) is 0 Å². The Balaban J connectivity index is 1.83. The Labute approximate surface area is 131 Å². The molecule has 2 nitrogen and oxygen atoms in total. The third-order valence-corrected chi connectivity index (χ3v) is 4.57. The maximum absolute atomic E-state index is 2.62. The molecule has 1 aromatic rings. The van der Waals surface area contributed by atoms with Gasteiger partial charge in [-0.15, -0.1) is 0 Å². The van der Waals surface area contributed by atoms with Gasteiger partial charge in [0, 0.05) is 32.7 Å². The number of hydrogen-bond donors (Lipinski definition) is 0. The molecule has 1 atom stereocenters. The molecule has 1 aliphatic rings. The second kappa shape index (κ2) is 6.93. The smallest absolute Gasteiger partial charge is 0.0110 e. The first kappa shape index (κ1) is 16.5. The average Bonchev–Trinajstić information content (AvgIpc) is 2.41. The van der Waals surface area contributed by atoms with Gasteiger partial charge in [-0.3, -0.25) is 0 Å². The minimum atomic E-state index is 0.254. The first-order valence-corrected chi connectivity index (χ1v) is 8.35. The fraction of sp³-hybridized carbons (Fsp3) is 0.684. The van der Waals surface area contributed by atoms with E-state index in [1.54, 1.807) is 0 Å². The summed E-state index contributed by atoms with van der Waals surface area (Å²) in [6.45, 7) is 15.3. The first-order chi connectivity index (χ1) is 9.84. The SMILES string of the molecule is CC(Cc1ccc(C(C)(C)C)cc1)CN1CCN(C)CC1. The van der Waals surface area contributed by atoms with Gasteiger partial charge >= 0.3 is 0 Å². The van der Waals surface area contributed by atoms with Crippen LogP contribution in [0.3, 0.4) is 0 Å². The standard InChI is InChI=1S/C19H32N2/c1-16(15-21-12-10-20(5)11-13-21)14-17-6-8-18(9-7-17)19(2,3)4/h6-9,16H,10-15H2,1-5H3. The topological polar surface area (TPSA) is 6.48 Å². The van der Waals surface area contributed by atoms with Crippen LogP contribution in [0, 0.1) is 5.92 Å². The van der Waals surface area contributed by atoms with Crippen LogP contribution in [0.25, 0.3) is 0 Å². The van der Waals surface area contributed by atoms with E-state index < -0.39 is 0 Å². The largest absolute Gasteiger partial charge is 0.304 e. The monoisotopic (exact) mass is 288 g/mol. The van der Waals surface area contributed by atoms with E-state index in [4.69, 9.17) is 0 Å². The summed E-state index contributed by atoms with van der Waals surface area (Å²) in [6, 6.07) is 9.25. The summed E-state index contributed by atoms with van der Waals surface area (Å²) in [7, 11) is 2.22. The van der Waals surface area contributed by atoms with Gasteiger partial charge in [-0.05, 0) is 35.9 Å². The van der Waals surface area contributed by atoms with E-state index >= 15 is 0 Å². The number of hydrogen-bond acceptors (Lipinski definition) is 2. The number of nitrogens with zero attached hydrogens (tertiary/aromatic N) is 2. The van der Waals surface area contributed by atoms with Crippen molar-refractivity contribution in [2.24, 2.45) is 5.92 Å². The molecule has 2 rings (SSSR count). The van der Waals surface area contributed by atoms with E-state index in [2.05, 4.69) is 68.8 Å². The van der Waals surface area contributed by atoms with E-state index in [0.29, 0.717) is 0 Å². The third-order valence-electron chi connectivity index (χ3n) is 4.57. The van der Waals surface area contributed by atoms with Crippen molar-refractivity contribution in [2.75, 3.05) is 39.8 Å². The molecule has 0 spiro atoms. The zero-order valence-electron chi connectivity index (χ0n) is 14.5. The van der Waals surface area contributed by atoms with Crippen molar-refractivity contribution in [3.63, 3.8) is 0 Å². The summed E-state index contributed by atoms with van der Waals surface area (Å²) in [6.07, 6.45) is 1.19. The zero-order chi connectivity index (χ0) is 15.5. The highest BCUT2D eigenvalue weighted by molar-refractivity contribution is 5.27. The van der Waals surface area contributed by atoms with Crippen molar-refractivity contribution in [3.05, 3.63) is 35.4 Å². The van der Waals surface area contributed by atoms with Gasteiger partial charge in [0.05, 0.1) is 0 Å². The highest BCUT2D eigenvalue weighted by Crippen LogP contribution is 2.23. The molecule has 1 aliphatic heterocycles. The minimum Gasteiger partial charge on any atom is -0.304 e. The molecule has 118 valence electrons. The fourth-order valence-electron chi connectivity index (χ4n) is 3.08. The third kappa shape index (κ3) is 5.12. The molecule has 0 aromatic heterocycles. The van der Waals surface area contributed by atoms with Crippen molar-refractivity contribution in [3.8, 4) is 0 Å². The van der Waals surface area contributed by atoms with Crippen LogP contribution in [0.2, 0.25) is 0 Å². The Morgan fingerprint density at radius 3 is 2.10 bits per heavy atom. The van der Waals surface area contributed by atoms with E-state index in [1.165, 1.54) is 50.3 Å². The van der Waals surface area contributed by atoms with Crippen molar-refractivity contribution >= 4 is 0 Å². The maximum atomic E-state index is 2.62. The van der Waals surface area contributed by atoms with Gasteiger partial charge in [0.15, 0.2) is 0 Å². The van der Waals surface area contributed by atoms with Gasteiger partial charge in [0.2, 0.25) is 0 Å². The fourth-order valence-corrected chi connectivity index (χ4v) is 3.08. The Hall–Kier alpha value is -0.860. The lowest BCUT2D eigenvalue weighted by molar-refractivity contribution is 0.139. The summed E-state index contributed by atoms with van der Waals surface area (Å²) in [4.78, 5) is 5.04. The van der Waals surface area contributed by atoms with Gasteiger partial charge in [-0.1, -0.05) is 52.0 Å². The number of benzene rings is 1. The lowest BCUT2D eigenvalue weighted by Gasteiger charge is -2.34. The van der Waals surface area contributed by atoms with Crippen LogP contribution in [0.5, 0.6) is 0 Å². The predicted molar refractivity (Wildman–Crippen MR) is 91.9 cm³/mol. The Kier molecular flexibility index (Phi) is 5.45. The van der Waals surface area contributed by atoms with E-state index in [0.717, 1.165) is 5.92 Å². The molecule has 0 amide bonds. The molecule has 21 heavy (non-hydrogen) atoms. The maximum Gasteiger partial charge on any atom is 0.0110 e. The summed E-state index contributed by atoms with van der Waals surface area (Å²) in [5, 5.41) is 0. The molecule has 2 heteroatoms. The van der Waals surface area contributed by atoms with Crippen molar-refractivity contribution in [1.29, 1.82) is 0 Å². The van der Waals surface area contributed by atoms with Crippen LogP contribution in [-0.2, 0) is 11.8 Å². The van der Waals surface area contributed by atoms with Gasteiger partial charge in [-0.25, -0.2) is 0 Å². The Morgan fingerprint density at radius 2 is 1.57 bits per heavy atom. The molecule has 1 aromatic carbocycles. The second-order valence-corrected chi connectivity index (χ2v) is 7.86. The van der Waals surface area contributed by atoms with Gasteiger partial charge < -0.3 is 9.80 Å². The summed E-state index contributed by atoms with van der Waals surface area (Å²) in [5.41, 5.74) is 3.16. The lowest BCUT2D eigenvalue weighted by atomic mass is 9.86. The zero-order valence-corrected chi connectivity index (χ0v) is 14.5. The molecule has 0 radical (unpaired) electrons. The summed E-state index contributed by atoms with van der Waals surface area (Å²) in [5.74, 6) is 0.730. The van der Waals surface area contributed by atoms with Crippen LogP contribution in [0.15, 0.2) is 24.3 Å². The second-order valence-electron chi connectivity index (χ2n) is 7.86. The molecule has 1 saturated heterocycles. The highest BCUT2D eigenvalue weighted by Gasteiger charge is 2.17. The molecule has 1 heterocycles. The van der Waals surface area contributed by atoms with Crippen molar-refractivity contribution in [2.45, 2.75) is 39.5 Å². The van der Waals surface area contributed by atoms with Gasteiger partial charge in [-0.2, -0.15) is 0 Å². The molecular formula is C19H32N2. The molecule has 0 N–H and O–H groups in total. The lowest BCUT2D eigenvalue weighted by Crippen LogP contribution is -2.46. The van der Waals surface area contributed by atoms with Crippen molar-refractivity contribution < 1.29 is 0 Å². The Morgan fingerprint density at radius 1 is 1.00 bits per heavy atom. The van der Waals surface area contributed by atoms with Crippen LogP contribution in [0.1, 0.15) is 38.8 Å². The van der Waals surface area contributed by atoms with Gasteiger partial charge in [0.25, 0.3) is 0 Å². The summed E-state index contributed by atoms with van der Waals surface area (Å²) >= 11 is 0. The Bertz CT molecular complexity index is 422. The average molecular weight is 288 g/mol. The highest BCUT2D eigenvalue weighted by atomic mass is 15.2. The van der Waals surface area contributed by atoms with E-state index in [9.17, 15) is 0 Å². The molecule has 0 bridgehead atoms.